The minimum Gasteiger partial charge on any atom is -0.478 e. The number of benzene rings is 1. The number of nitro benzene ring substituents is 1. The van der Waals surface area contributed by atoms with Crippen LogP contribution in [0.5, 0.6) is 5.75 Å². The van der Waals surface area contributed by atoms with E-state index in [1.54, 1.807) is 6.07 Å². The van der Waals surface area contributed by atoms with Gasteiger partial charge in [0.05, 0.1) is 4.92 Å². The summed E-state index contributed by atoms with van der Waals surface area (Å²) in [6, 6.07) is 4.63. The minimum absolute atomic E-state index is 0.0292. The second kappa shape index (κ2) is 5.26. The number of aryl methyl sites for hydroxylation is 1. The number of nitrogens with zero attached hydrogens (tertiary/aromatic N) is 1. The predicted molar refractivity (Wildman–Crippen MR) is 67.3 cm³/mol. The van der Waals surface area contributed by atoms with Crippen LogP contribution in [-0.2, 0) is 11.2 Å². The highest BCUT2D eigenvalue weighted by molar-refractivity contribution is 5.74. The van der Waals surface area contributed by atoms with E-state index < -0.39 is 17.0 Å². The Morgan fingerprint density at radius 2 is 2.26 bits per heavy atom. The molecule has 19 heavy (non-hydrogen) atoms. The molecular formula is C13H15NO5. The highest BCUT2D eigenvalue weighted by Gasteiger charge is 2.39. The fourth-order valence-electron chi connectivity index (χ4n) is 1.91. The lowest BCUT2D eigenvalue weighted by Gasteiger charge is -2.14. The van der Waals surface area contributed by atoms with Crippen molar-refractivity contribution in [2.75, 3.05) is 0 Å². The first kappa shape index (κ1) is 13.3. The van der Waals surface area contributed by atoms with Crippen LogP contribution in [0.3, 0.4) is 0 Å². The highest BCUT2D eigenvalue weighted by Crippen LogP contribution is 2.37. The Kier molecular flexibility index (Phi) is 3.69. The molecule has 1 unspecified atom stereocenters. The summed E-state index contributed by atoms with van der Waals surface area (Å²) in [5, 5.41) is 20.1. The summed E-state index contributed by atoms with van der Waals surface area (Å²) in [5.74, 6) is -1.08. The van der Waals surface area contributed by atoms with Crippen molar-refractivity contribution in [3.8, 4) is 5.75 Å². The van der Waals surface area contributed by atoms with E-state index in [4.69, 9.17) is 9.84 Å². The van der Waals surface area contributed by atoms with Gasteiger partial charge in [0.1, 0.15) is 0 Å². The summed E-state index contributed by atoms with van der Waals surface area (Å²) < 4.78 is 5.35. The molecule has 6 nitrogen and oxygen atoms in total. The van der Waals surface area contributed by atoms with E-state index in [-0.39, 0.29) is 17.4 Å². The lowest BCUT2D eigenvalue weighted by atomic mass is 10.1. The molecule has 1 N–H and O–H groups in total. The van der Waals surface area contributed by atoms with Gasteiger partial charge in [-0.2, -0.15) is 0 Å². The fraction of sp³-hybridized carbons (Fsp3) is 0.462. The van der Waals surface area contributed by atoms with Crippen molar-refractivity contribution < 1.29 is 19.6 Å². The van der Waals surface area contributed by atoms with Crippen LogP contribution in [0.1, 0.15) is 25.3 Å². The van der Waals surface area contributed by atoms with Gasteiger partial charge < -0.3 is 9.84 Å². The monoisotopic (exact) mass is 265 g/mol. The fourth-order valence-corrected chi connectivity index (χ4v) is 1.91. The van der Waals surface area contributed by atoms with Gasteiger partial charge >= 0.3 is 11.7 Å². The molecule has 1 aromatic rings. The Morgan fingerprint density at radius 1 is 1.58 bits per heavy atom. The van der Waals surface area contributed by atoms with Crippen molar-refractivity contribution in [1.82, 2.24) is 0 Å². The topological polar surface area (TPSA) is 89.7 Å². The van der Waals surface area contributed by atoms with Gasteiger partial charge in [-0.25, -0.2) is 4.79 Å². The number of aliphatic carboxylic acids is 1. The van der Waals surface area contributed by atoms with Crippen LogP contribution in [0.4, 0.5) is 5.69 Å². The predicted octanol–water partition coefficient (Wildman–Crippen LogP) is 2.40. The Bertz CT molecular complexity index is 510. The van der Waals surface area contributed by atoms with E-state index in [1.165, 1.54) is 12.1 Å². The van der Waals surface area contributed by atoms with Gasteiger partial charge in [-0.1, -0.05) is 13.0 Å². The Hall–Kier alpha value is -2.11. The maximum atomic E-state index is 11.1. The standard InChI is InChI=1S/C13H15NO5/c1-2-8-3-6-11(10(7-8)14(17)18)19-12(13(15)16)9-4-5-9/h3,6-7,9,12H,2,4-5H2,1H3,(H,15,16). The molecule has 1 atom stereocenters. The number of hydrogen-bond donors (Lipinski definition) is 1. The third-order valence-electron chi connectivity index (χ3n) is 3.18. The zero-order chi connectivity index (χ0) is 14.0. The van der Waals surface area contributed by atoms with Crippen molar-refractivity contribution in [3.05, 3.63) is 33.9 Å². The average Bonchev–Trinajstić information content (AvgIpc) is 3.19. The Morgan fingerprint density at radius 3 is 2.74 bits per heavy atom. The lowest BCUT2D eigenvalue weighted by molar-refractivity contribution is -0.386. The highest BCUT2D eigenvalue weighted by atomic mass is 16.6. The van der Waals surface area contributed by atoms with E-state index in [9.17, 15) is 14.9 Å². The Balaban J connectivity index is 2.27. The molecule has 1 aliphatic carbocycles. The number of hydrogen-bond acceptors (Lipinski definition) is 4. The molecule has 1 aromatic carbocycles. The van der Waals surface area contributed by atoms with E-state index >= 15 is 0 Å². The van der Waals surface area contributed by atoms with Gasteiger partial charge in [0, 0.05) is 12.0 Å². The number of rotatable bonds is 6. The summed E-state index contributed by atoms with van der Waals surface area (Å²) in [5.41, 5.74) is 0.642. The molecule has 1 saturated carbocycles. The Labute approximate surface area is 110 Å². The lowest BCUT2D eigenvalue weighted by Crippen LogP contribution is -2.29. The molecular weight excluding hydrogens is 250 g/mol. The van der Waals surface area contributed by atoms with Crippen LogP contribution in [-0.4, -0.2) is 22.1 Å². The van der Waals surface area contributed by atoms with Crippen LogP contribution in [0, 0.1) is 16.0 Å². The van der Waals surface area contributed by atoms with Crippen LogP contribution < -0.4 is 4.74 Å². The number of ether oxygens (including phenoxy) is 1. The zero-order valence-corrected chi connectivity index (χ0v) is 10.5. The minimum atomic E-state index is -1.07. The van der Waals surface area contributed by atoms with E-state index in [0.717, 1.165) is 18.4 Å². The number of nitro groups is 1. The van der Waals surface area contributed by atoms with E-state index in [1.807, 2.05) is 6.92 Å². The second-order valence-corrected chi connectivity index (χ2v) is 4.63. The molecule has 2 rings (SSSR count). The average molecular weight is 265 g/mol. The molecule has 1 fully saturated rings. The smallest absolute Gasteiger partial charge is 0.345 e. The summed E-state index contributed by atoms with van der Waals surface area (Å²) >= 11 is 0. The van der Waals surface area contributed by atoms with Gasteiger partial charge in [-0.05, 0) is 30.9 Å². The first-order chi connectivity index (χ1) is 9.02. The maximum absolute atomic E-state index is 11.1. The van der Waals surface area contributed by atoms with Crippen LogP contribution in [0.15, 0.2) is 18.2 Å². The molecule has 0 heterocycles. The first-order valence-corrected chi connectivity index (χ1v) is 6.19. The third kappa shape index (κ3) is 3.01. The summed E-state index contributed by atoms with van der Waals surface area (Å²) in [6.07, 6.45) is 1.26. The van der Waals surface area contributed by atoms with Crippen LogP contribution in [0.2, 0.25) is 0 Å². The quantitative estimate of drug-likeness (QED) is 0.630. The molecule has 0 aromatic heterocycles. The second-order valence-electron chi connectivity index (χ2n) is 4.63. The molecule has 1 aliphatic rings. The van der Waals surface area contributed by atoms with Crippen LogP contribution in [0.25, 0.3) is 0 Å². The van der Waals surface area contributed by atoms with Crippen molar-refractivity contribution in [2.24, 2.45) is 5.92 Å². The normalized spacial score (nSPS) is 15.8. The third-order valence-corrected chi connectivity index (χ3v) is 3.18. The van der Waals surface area contributed by atoms with Crippen molar-refractivity contribution in [3.63, 3.8) is 0 Å². The SMILES string of the molecule is CCc1ccc(OC(C(=O)O)C2CC2)c([N+](=O)[O-])c1. The molecule has 0 radical (unpaired) electrons. The number of carboxylic acid groups (broad SMARTS) is 1. The maximum Gasteiger partial charge on any atom is 0.345 e. The molecule has 0 amide bonds. The summed E-state index contributed by atoms with van der Waals surface area (Å²) in [6.45, 7) is 1.89. The molecule has 0 saturated heterocycles. The summed E-state index contributed by atoms with van der Waals surface area (Å²) in [4.78, 5) is 21.6. The molecule has 0 bridgehead atoms. The van der Waals surface area contributed by atoms with E-state index in [2.05, 4.69) is 0 Å². The van der Waals surface area contributed by atoms with Gasteiger partial charge in [0.15, 0.2) is 11.9 Å². The van der Waals surface area contributed by atoms with Crippen LogP contribution >= 0.6 is 0 Å². The van der Waals surface area contributed by atoms with Gasteiger partial charge in [-0.3, -0.25) is 10.1 Å². The number of carbonyl (C=O) groups is 1. The van der Waals surface area contributed by atoms with Gasteiger partial charge in [0.2, 0.25) is 0 Å². The van der Waals surface area contributed by atoms with Crippen molar-refractivity contribution in [1.29, 1.82) is 0 Å². The molecule has 0 aliphatic heterocycles. The molecule has 6 heteroatoms. The van der Waals surface area contributed by atoms with Gasteiger partial charge in [0.25, 0.3) is 0 Å². The summed E-state index contributed by atoms with van der Waals surface area (Å²) in [7, 11) is 0. The van der Waals surface area contributed by atoms with Crippen molar-refractivity contribution >= 4 is 11.7 Å². The largest absolute Gasteiger partial charge is 0.478 e. The molecule has 0 spiro atoms. The first-order valence-electron chi connectivity index (χ1n) is 6.19. The number of carboxylic acids is 1. The van der Waals surface area contributed by atoms with E-state index in [0.29, 0.717) is 6.42 Å². The zero-order valence-electron chi connectivity index (χ0n) is 10.5. The van der Waals surface area contributed by atoms with Crippen molar-refractivity contribution in [2.45, 2.75) is 32.3 Å². The van der Waals surface area contributed by atoms with Gasteiger partial charge in [-0.15, -0.1) is 0 Å². The molecule has 102 valence electrons.